The molecule has 1 unspecified atom stereocenters. The molecule has 0 N–H and O–H groups in total. The number of hydrogen-bond acceptors (Lipinski definition) is 4. The molecule has 0 radical (unpaired) electrons. The van der Waals surface area contributed by atoms with Crippen molar-refractivity contribution in [1.82, 2.24) is 9.80 Å². The number of carbonyl (C=O) groups excluding carboxylic acids is 2. The summed E-state index contributed by atoms with van der Waals surface area (Å²) in [5.74, 6) is 0.0966. The summed E-state index contributed by atoms with van der Waals surface area (Å²) in [6.07, 6.45) is 1.33. The zero-order valence-corrected chi connectivity index (χ0v) is 12.7. The number of likely N-dealkylation sites (tertiary alicyclic amines) is 2. The summed E-state index contributed by atoms with van der Waals surface area (Å²) in [5.41, 5.74) is -0.477. The summed E-state index contributed by atoms with van der Waals surface area (Å²) in [6, 6.07) is 0.122. The Morgan fingerprint density at radius 2 is 2.00 bits per heavy atom. The Morgan fingerprint density at radius 1 is 1.32 bits per heavy atom. The number of amides is 2. The van der Waals surface area contributed by atoms with Gasteiger partial charge in [0.25, 0.3) is 0 Å². The molecule has 2 saturated heterocycles. The number of carbonyl (C=O) groups is 2. The summed E-state index contributed by atoms with van der Waals surface area (Å²) >= 11 is 4.26. The van der Waals surface area contributed by atoms with E-state index in [-0.39, 0.29) is 23.3 Å². The van der Waals surface area contributed by atoms with Crippen LogP contribution >= 0.6 is 12.6 Å². The molecule has 2 atom stereocenters. The van der Waals surface area contributed by atoms with E-state index in [1.165, 1.54) is 0 Å². The van der Waals surface area contributed by atoms with Crippen molar-refractivity contribution >= 4 is 24.6 Å². The van der Waals surface area contributed by atoms with Crippen molar-refractivity contribution in [2.24, 2.45) is 0 Å². The van der Waals surface area contributed by atoms with Crippen molar-refractivity contribution < 1.29 is 14.3 Å². The average molecular weight is 286 g/mol. The first kappa shape index (κ1) is 14.5. The van der Waals surface area contributed by atoms with Gasteiger partial charge in [0, 0.05) is 19.6 Å². The van der Waals surface area contributed by atoms with E-state index < -0.39 is 5.60 Å². The third-order valence-electron chi connectivity index (χ3n) is 3.47. The number of thiol groups is 1. The zero-order chi connectivity index (χ0) is 14.2. The van der Waals surface area contributed by atoms with E-state index in [2.05, 4.69) is 12.6 Å². The van der Waals surface area contributed by atoms with Crippen LogP contribution in [0.4, 0.5) is 4.79 Å². The Morgan fingerprint density at radius 3 is 2.53 bits per heavy atom. The topological polar surface area (TPSA) is 49.9 Å². The lowest BCUT2D eigenvalue weighted by atomic mass is 10.2. The predicted molar refractivity (Wildman–Crippen MR) is 75.3 cm³/mol. The molecule has 0 aliphatic carbocycles. The average Bonchev–Trinajstić information content (AvgIpc) is 2.85. The van der Waals surface area contributed by atoms with Crippen molar-refractivity contribution in [1.29, 1.82) is 0 Å². The second-order valence-electron chi connectivity index (χ2n) is 6.20. The number of ether oxygens (including phenoxy) is 1. The number of nitrogens with zero attached hydrogens (tertiary/aromatic N) is 2. The first-order valence-electron chi connectivity index (χ1n) is 6.74. The largest absolute Gasteiger partial charge is 0.444 e. The maximum absolute atomic E-state index is 12.0. The zero-order valence-electron chi connectivity index (χ0n) is 11.8. The van der Waals surface area contributed by atoms with Gasteiger partial charge in [-0.15, -0.1) is 0 Å². The normalized spacial score (nSPS) is 28.1. The molecule has 2 heterocycles. The van der Waals surface area contributed by atoms with Crippen molar-refractivity contribution in [2.45, 2.75) is 50.5 Å². The summed E-state index contributed by atoms with van der Waals surface area (Å²) in [4.78, 5) is 27.4. The lowest BCUT2D eigenvalue weighted by Gasteiger charge is -2.26. The van der Waals surface area contributed by atoms with Crippen LogP contribution in [0.1, 0.15) is 33.6 Å². The van der Waals surface area contributed by atoms with Gasteiger partial charge >= 0.3 is 6.09 Å². The molecule has 0 aromatic heterocycles. The standard InChI is InChI=1S/C13H22N2O3S/c1-13(2,3)18-12(17)14-6-4-9(8-14)15-7-5-10(19)11(15)16/h9-10,19H,4-8H2,1-3H3/t9?,10-/m0/s1. The molecule has 2 aliphatic rings. The summed E-state index contributed by atoms with van der Waals surface area (Å²) < 4.78 is 5.35. The van der Waals surface area contributed by atoms with E-state index in [1.54, 1.807) is 4.90 Å². The fourth-order valence-corrected chi connectivity index (χ4v) is 2.80. The maximum atomic E-state index is 12.0. The molecule has 0 aromatic carbocycles. The van der Waals surface area contributed by atoms with E-state index >= 15 is 0 Å². The maximum Gasteiger partial charge on any atom is 0.410 e. The molecule has 6 heteroatoms. The van der Waals surface area contributed by atoms with Crippen molar-refractivity contribution in [3.63, 3.8) is 0 Å². The molecule has 2 rings (SSSR count). The summed E-state index contributed by atoms with van der Waals surface area (Å²) in [5, 5.41) is -0.171. The Balaban J connectivity index is 1.90. The second kappa shape index (κ2) is 5.23. The highest BCUT2D eigenvalue weighted by Gasteiger charge is 2.39. The lowest BCUT2D eigenvalue weighted by Crippen LogP contribution is -2.41. The third kappa shape index (κ3) is 3.35. The monoisotopic (exact) mass is 286 g/mol. The van der Waals surface area contributed by atoms with Crippen LogP contribution in [0.15, 0.2) is 0 Å². The quantitative estimate of drug-likeness (QED) is 0.744. The molecule has 0 aromatic rings. The molecule has 5 nitrogen and oxygen atoms in total. The Hall–Kier alpha value is -0.910. The first-order valence-corrected chi connectivity index (χ1v) is 7.26. The fraction of sp³-hybridized carbons (Fsp3) is 0.846. The minimum atomic E-state index is -0.477. The highest BCUT2D eigenvalue weighted by Crippen LogP contribution is 2.25. The van der Waals surface area contributed by atoms with Gasteiger partial charge in [0.15, 0.2) is 0 Å². The van der Waals surface area contributed by atoms with Crippen LogP contribution in [0.25, 0.3) is 0 Å². The number of hydrogen-bond donors (Lipinski definition) is 1. The lowest BCUT2D eigenvalue weighted by molar-refractivity contribution is -0.129. The van der Waals surface area contributed by atoms with E-state index in [1.807, 2.05) is 25.7 Å². The van der Waals surface area contributed by atoms with E-state index in [9.17, 15) is 9.59 Å². The molecule has 2 fully saturated rings. The SMILES string of the molecule is CC(C)(C)OC(=O)N1CCC(N2CC[C@H](S)C2=O)C1. The minimum Gasteiger partial charge on any atom is -0.444 e. The van der Waals surface area contributed by atoms with Gasteiger partial charge < -0.3 is 14.5 Å². The van der Waals surface area contributed by atoms with Crippen LogP contribution in [0.3, 0.4) is 0 Å². The van der Waals surface area contributed by atoms with E-state index in [0.717, 1.165) is 19.4 Å². The fourth-order valence-electron chi connectivity index (χ4n) is 2.54. The molecule has 0 spiro atoms. The highest BCUT2D eigenvalue weighted by molar-refractivity contribution is 7.81. The Labute approximate surface area is 119 Å². The highest BCUT2D eigenvalue weighted by atomic mass is 32.1. The smallest absolute Gasteiger partial charge is 0.410 e. The Kier molecular flexibility index (Phi) is 3.99. The van der Waals surface area contributed by atoms with Crippen LogP contribution in [-0.4, -0.2) is 58.3 Å². The van der Waals surface area contributed by atoms with Crippen molar-refractivity contribution in [2.75, 3.05) is 19.6 Å². The van der Waals surface area contributed by atoms with Crippen LogP contribution in [0, 0.1) is 0 Å². The van der Waals surface area contributed by atoms with Gasteiger partial charge in [-0.25, -0.2) is 4.79 Å². The van der Waals surface area contributed by atoms with Gasteiger partial charge in [-0.3, -0.25) is 4.79 Å². The summed E-state index contributed by atoms with van der Waals surface area (Å²) in [6.45, 7) is 7.54. The van der Waals surface area contributed by atoms with Gasteiger partial charge in [0.2, 0.25) is 5.91 Å². The molecule has 0 bridgehead atoms. The van der Waals surface area contributed by atoms with Crippen LogP contribution in [0.5, 0.6) is 0 Å². The predicted octanol–water partition coefficient (Wildman–Crippen LogP) is 1.53. The van der Waals surface area contributed by atoms with Gasteiger partial charge in [0.1, 0.15) is 5.60 Å². The molecule has 2 amide bonds. The molecule has 19 heavy (non-hydrogen) atoms. The van der Waals surface area contributed by atoms with Crippen LogP contribution in [0.2, 0.25) is 0 Å². The van der Waals surface area contributed by atoms with Crippen molar-refractivity contribution in [3.8, 4) is 0 Å². The van der Waals surface area contributed by atoms with Gasteiger partial charge in [0.05, 0.1) is 11.3 Å². The molecule has 0 saturated carbocycles. The first-order chi connectivity index (χ1) is 8.78. The van der Waals surface area contributed by atoms with E-state index in [0.29, 0.717) is 13.1 Å². The van der Waals surface area contributed by atoms with Gasteiger partial charge in [-0.2, -0.15) is 12.6 Å². The summed E-state index contributed by atoms with van der Waals surface area (Å²) in [7, 11) is 0. The second-order valence-corrected chi connectivity index (χ2v) is 6.83. The molecular formula is C13H22N2O3S. The Bertz CT molecular complexity index is 381. The third-order valence-corrected chi connectivity index (χ3v) is 3.95. The molecule has 108 valence electrons. The van der Waals surface area contributed by atoms with Crippen molar-refractivity contribution in [3.05, 3.63) is 0 Å². The van der Waals surface area contributed by atoms with E-state index in [4.69, 9.17) is 4.74 Å². The molecule has 2 aliphatic heterocycles. The van der Waals surface area contributed by atoms with Crippen LogP contribution in [-0.2, 0) is 9.53 Å². The number of rotatable bonds is 1. The van der Waals surface area contributed by atoms with Crippen LogP contribution < -0.4 is 0 Å². The van der Waals surface area contributed by atoms with Gasteiger partial charge in [-0.05, 0) is 33.6 Å². The minimum absolute atomic E-state index is 0.0966. The van der Waals surface area contributed by atoms with Gasteiger partial charge in [-0.1, -0.05) is 0 Å². The molecular weight excluding hydrogens is 264 g/mol.